The van der Waals surface area contributed by atoms with Gasteiger partial charge in [0.25, 0.3) is 5.91 Å². The highest BCUT2D eigenvalue weighted by Crippen LogP contribution is 2.18. The maximum absolute atomic E-state index is 12.3. The van der Waals surface area contributed by atoms with E-state index in [9.17, 15) is 13.2 Å². The van der Waals surface area contributed by atoms with Gasteiger partial charge in [-0.15, -0.1) is 6.58 Å². The van der Waals surface area contributed by atoms with Gasteiger partial charge in [-0.25, -0.2) is 18.4 Å². The van der Waals surface area contributed by atoms with Crippen molar-refractivity contribution in [2.24, 2.45) is 0 Å². The van der Waals surface area contributed by atoms with E-state index in [4.69, 9.17) is 0 Å². The molecule has 1 fully saturated rings. The second-order valence-electron chi connectivity index (χ2n) is 4.94. The van der Waals surface area contributed by atoms with Crippen molar-refractivity contribution in [1.82, 2.24) is 14.9 Å². The summed E-state index contributed by atoms with van der Waals surface area (Å²) in [7, 11) is -1.41. The quantitative estimate of drug-likeness (QED) is 0.788. The molecule has 1 aliphatic rings. The van der Waals surface area contributed by atoms with Crippen LogP contribution in [0.25, 0.3) is 0 Å². The van der Waals surface area contributed by atoms with E-state index in [2.05, 4.69) is 21.9 Å². The van der Waals surface area contributed by atoms with E-state index in [1.165, 1.54) is 17.3 Å². The maximum atomic E-state index is 12.3. The lowest BCUT2D eigenvalue weighted by atomic mass is 10.2. The Labute approximate surface area is 124 Å². The predicted octanol–water partition coefficient (Wildman–Crippen LogP) is 0.334. The molecule has 0 radical (unpaired) electrons. The Morgan fingerprint density at radius 1 is 1.52 bits per heavy atom. The highest BCUT2D eigenvalue weighted by Gasteiger charge is 2.33. The Morgan fingerprint density at radius 2 is 2.19 bits per heavy atom. The molecule has 0 saturated carbocycles. The Morgan fingerprint density at radius 3 is 2.71 bits per heavy atom. The number of hydrogen-bond donors (Lipinski definition) is 1. The van der Waals surface area contributed by atoms with Gasteiger partial charge in [-0.2, -0.15) is 0 Å². The fourth-order valence-electron chi connectivity index (χ4n) is 2.14. The van der Waals surface area contributed by atoms with Crippen molar-refractivity contribution in [1.29, 1.82) is 0 Å². The van der Waals surface area contributed by atoms with E-state index < -0.39 is 9.84 Å². The molecule has 0 spiro atoms. The fourth-order valence-corrected chi connectivity index (χ4v) is 3.92. The third kappa shape index (κ3) is 3.78. The summed E-state index contributed by atoms with van der Waals surface area (Å²) in [5.74, 6) is 0.301. The fraction of sp³-hybridized carbons (Fsp3) is 0.462. The first-order chi connectivity index (χ1) is 9.93. The number of anilines is 1. The zero-order chi connectivity index (χ0) is 15.5. The molecule has 7 nitrogen and oxygen atoms in total. The van der Waals surface area contributed by atoms with Crippen LogP contribution in [0.1, 0.15) is 16.8 Å². The molecule has 1 N–H and O–H groups in total. The molecule has 0 aliphatic carbocycles. The van der Waals surface area contributed by atoms with Gasteiger partial charge in [0.05, 0.1) is 17.1 Å². The minimum absolute atomic E-state index is 0.0229. The average Bonchev–Trinajstić information content (AvgIpc) is 2.84. The summed E-state index contributed by atoms with van der Waals surface area (Å²) in [6.07, 6.45) is 5.02. The zero-order valence-corrected chi connectivity index (χ0v) is 12.6. The molecule has 2 heterocycles. The lowest BCUT2D eigenvalue weighted by molar-refractivity contribution is 0.0747. The number of rotatable bonds is 5. The van der Waals surface area contributed by atoms with E-state index >= 15 is 0 Å². The smallest absolute Gasteiger partial charge is 0.257 e. The number of hydrogen-bond acceptors (Lipinski definition) is 6. The zero-order valence-electron chi connectivity index (χ0n) is 11.8. The van der Waals surface area contributed by atoms with Crippen LogP contribution in [0.4, 0.5) is 5.95 Å². The Bertz CT molecular complexity index is 627. The summed E-state index contributed by atoms with van der Waals surface area (Å²) in [5.41, 5.74) is 0.339. The molecule has 21 heavy (non-hydrogen) atoms. The first-order valence-electron chi connectivity index (χ1n) is 6.57. The van der Waals surface area contributed by atoms with Gasteiger partial charge in [-0.05, 0) is 6.42 Å². The van der Waals surface area contributed by atoms with Crippen molar-refractivity contribution >= 4 is 21.7 Å². The SMILES string of the molecule is C=CCNc1ncc(C(=O)N(C)C2CCS(=O)(=O)C2)cn1. The van der Waals surface area contributed by atoms with Gasteiger partial charge in [0.15, 0.2) is 9.84 Å². The summed E-state index contributed by atoms with van der Waals surface area (Å²) < 4.78 is 22.9. The number of nitrogens with one attached hydrogen (secondary N) is 1. The number of carbonyl (C=O) groups is 1. The van der Waals surface area contributed by atoms with Crippen molar-refractivity contribution in [2.45, 2.75) is 12.5 Å². The summed E-state index contributed by atoms with van der Waals surface area (Å²) in [5, 5.41) is 2.91. The van der Waals surface area contributed by atoms with Gasteiger partial charge in [0, 0.05) is 32.0 Å². The molecule has 0 aromatic carbocycles. The van der Waals surface area contributed by atoms with Crippen LogP contribution in [0, 0.1) is 0 Å². The van der Waals surface area contributed by atoms with E-state index in [0.29, 0.717) is 24.5 Å². The average molecular weight is 310 g/mol. The Kier molecular flexibility index (Phi) is 4.56. The summed E-state index contributed by atoms with van der Waals surface area (Å²) in [6.45, 7) is 4.11. The van der Waals surface area contributed by atoms with Crippen LogP contribution in [0.15, 0.2) is 25.0 Å². The van der Waals surface area contributed by atoms with Crippen molar-refractivity contribution in [3.8, 4) is 0 Å². The summed E-state index contributed by atoms with van der Waals surface area (Å²) in [6, 6.07) is -0.277. The molecule has 0 bridgehead atoms. The standard InChI is InChI=1S/C13H18N4O3S/c1-3-5-14-13-15-7-10(8-16-13)12(18)17(2)11-4-6-21(19,20)9-11/h3,7-8,11H,1,4-6,9H2,2H3,(H,14,15,16). The summed E-state index contributed by atoms with van der Waals surface area (Å²) >= 11 is 0. The number of sulfone groups is 1. The monoisotopic (exact) mass is 310 g/mol. The van der Waals surface area contributed by atoms with Gasteiger partial charge >= 0.3 is 0 Å². The van der Waals surface area contributed by atoms with Gasteiger partial charge in [0.1, 0.15) is 0 Å². The number of amides is 1. The molecule has 2 rings (SSSR count). The maximum Gasteiger partial charge on any atom is 0.257 e. The highest BCUT2D eigenvalue weighted by atomic mass is 32.2. The van der Waals surface area contributed by atoms with Crippen molar-refractivity contribution in [3.63, 3.8) is 0 Å². The van der Waals surface area contributed by atoms with E-state index in [-0.39, 0.29) is 23.5 Å². The number of nitrogens with zero attached hydrogens (tertiary/aromatic N) is 3. The van der Waals surface area contributed by atoms with Crippen LogP contribution in [-0.4, -0.2) is 60.3 Å². The van der Waals surface area contributed by atoms with Gasteiger partial charge in [-0.3, -0.25) is 4.79 Å². The van der Waals surface area contributed by atoms with E-state index in [0.717, 1.165) is 0 Å². The van der Waals surface area contributed by atoms with Crippen LogP contribution in [0.2, 0.25) is 0 Å². The second kappa shape index (κ2) is 6.21. The Balaban J connectivity index is 2.04. The normalized spacial score (nSPS) is 20.0. The molecule has 1 aromatic heterocycles. The molecule has 1 atom stereocenters. The minimum atomic E-state index is -3.02. The summed E-state index contributed by atoms with van der Waals surface area (Å²) in [4.78, 5) is 21.8. The van der Waals surface area contributed by atoms with E-state index in [1.54, 1.807) is 13.1 Å². The third-order valence-corrected chi connectivity index (χ3v) is 5.13. The minimum Gasteiger partial charge on any atom is -0.351 e. The predicted molar refractivity (Wildman–Crippen MR) is 79.9 cm³/mol. The van der Waals surface area contributed by atoms with Crippen LogP contribution >= 0.6 is 0 Å². The van der Waals surface area contributed by atoms with Crippen LogP contribution in [-0.2, 0) is 9.84 Å². The first-order valence-corrected chi connectivity index (χ1v) is 8.39. The molecule has 1 unspecified atom stereocenters. The molecule has 8 heteroatoms. The van der Waals surface area contributed by atoms with Crippen molar-refractivity contribution in [2.75, 3.05) is 30.4 Å². The lowest BCUT2D eigenvalue weighted by Crippen LogP contribution is -2.37. The largest absolute Gasteiger partial charge is 0.351 e. The van der Waals surface area contributed by atoms with E-state index in [1.807, 2.05) is 0 Å². The molecular weight excluding hydrogens is 292 g/mol. The van der Waals surface area contributed by atoms with Gasteiger partial charge < -0.3 is 10.2 Å². The van der Waals surface area contributed by atoms with Crippen LogP contribution in [0.5, 0.6) is 0 Å². The molecule has 114 valence electrons. The van der Waals surface area contributed by atoms with Gasteiger partial charge in [-0.1, -0.05) is 6.08 Å². The molecule has 1 saturated heterocycles. The molecule has 1 aromatic rings. The lowest BCUT2D eigenvalue weighted by Gasteiger charge is -2.23. The van der Waals surface area contributed by atoms with Crippen LogP contribution < -0.4 is 5.32 Å². The Hall–Kier alpha value is -1.96. The molecule has 1 amide bonds. The molecular formula is C13H18N4O3S. The van der Waals surface area contributed by atoms with Crippen LogP contribution in [0.3, 0.4) is 0 Å². The third-order valence-electron chi connectivity index (χ3n) is 3.38. The first kappa shape index (κ1) is 15.4. The number of aromatic nitrogens is 2. The van der Waals surface area contributed by atoms with Crippen molar-refractivity contribution < 1.29 is 13.2 Å². The van der Waals surface area contributed by atoms with Crippen molar-refractivity contribution in [3.05, 3.63) is 30.6 Å². The number of carbonyl (C=O) groups excluding carboxylic acids is 1. The highest BCUT2D eigenvalue weighted by molar-refractivity contribution is 7.91. The topological polar surface area (TPSA) is 92.3 Å². The molecule has 1 aliphatic heterocycles. The second-order valence-corrected chi connectivity index (χ2v) is 7.17. The van der Waals surface area contributed by atoms with Gasteiger partial charge in [0.2, 0.25) is 5.95 Å².